The highest BCUT2D eigenvalue weighted by Crippen LogP contribution is 2.26. The van der Waals surface area contributed by atoms with Crippen LogP contribution in [0.15, 0.2) is 17.7 Å². The maximum Gasteiger partial charge on any atom is 0.130 e. The largest absolute Gasteiger partial charge is 0.192 e. The van der Waals surface area contributed by atoms with Crippen LogP contribution in [-0.4, -0.2) is 0 Å². The van der Waals surface area contributed by atoms with E-state index in [4.69, 9.17) is 33.7 Å². The third kappa shape index (κ3) is 2.73. The Morgan fingerprint density at radius 3 is 2.33 bits per heavy atom. The van der Waals surface area contributed by atoms with Crippen LogP contribution < -0.4 is 0 Å². The van der Waals surface area contributed by atoms with Crippen LogP contribution in [0.25, 0.3) is 6.08 Å². The van der Waals surface area contributed by atoms with E-state index in [0.29, 0.717) is 15.6 Å². The molecule has 0 saturated carbocycles. The van der Waals surface area contributed by atoms with E-state index >= 15 is 0 Å². The van der Waals surface area contributed by atoms with Gasteiger partial charge in [0.2, 0.25) is 0 Å². The molecule has 0 saturated heterocycles. The van der Waals surface area contributed by atoms with Crippen LogP contribution >= 0.6 is 23.2 Å². The molecule has 0 amide bonds. The molecule has 0 aliphatic carbocycles. The Bertz CT molecular complexity index is 489. The SMILES string of the molecule is Cc1cc(C=C(C#N)C#N)c(Cl)cc1Cl. The molecular formula is C11H6Cl2N2. The van der Waals surface area contributed by atoms with Crippen molar-refractivity contribution in [2.75, 3.05) is 0 Å². The van der Waals surface area contributed by atoms with Crippen molar-refractivity contribution >= 4 is 29.3 Å². The van der Waals surface area contributed by atoms with Gasteiger partial charge in [-0.3, -0.25) is 0 Å². The molecule has 4 heteroatoms. The lowest BCUT2D eigenvalue weighted by Gasteiger charge is -2.02. The number of rotatable bonds is 1. The average molecular weight is 237 g/mol. The van der Waals surface area contributed by atoms with Gasteiger partial charge < -0.3 is 0 Å². The van der Waals surface area contributed by atoms with Crippen molar-refractivity contribution in [1.82, 2.24) is 0 Å². The number of aryl methyl sites for hydroxylation is 1. The summed E-state index contributed by atoms with van der Waals surface area (Å²) in [6, 6.07) is 6.87. The second kappa shape index (κ2) is 4.84. The van der Waals surface area contributed by atoms with Gasteiger partial charge in [-0.1, -0.05) is 23.2 Å². The van der Waals surface area contributed by atoms with E-state index in [2.05, 4.69) is 0 Å². The molecule has 0 aliphatic heterocycles. The van der Waals surface area contributed by atoms with Crippen molar-refractivity contribution in [3.05, 3.63) is 38.9 Å². The molecule has 0 spiro atoms. The molecule has 1 rings (SSSR count). The first-order valence-corrected chi connectivity index (χ1v) is 4.81. The third-order valence-electron chi connectivity index (χ3n) is 1.82. The van der Waals surface area contributed by atoms with Crippen molar-refractivity contribution in [2.24, 2.45) is 0 Å². The fourth-order valence-corrected chi connectivity index (χ4v) is 1.47. The highest BCUT2D eigenvalue weighted by atomic mass is 35.5. The highest BCUT2D eigenvalue weighted by molar-refractivity contribution is 6.36. The summed E-state index contributed by atoms with van der Waals surface area (Å²) in [6.45, 7) is 1.83. The minimum Gasteiger partial charge on any atom is -0.192 e. The molecule has 0 radical (unpaired) electrons. The quantitative estimate of drug-likeness (QED) is 0.698. The average Bonchev–Trinajstić information content (AvgIpc) is 2.21. The Balaban J connectivity index is 3.30. The lowest BCUT2D eigenvalue weighted by molar-refractivity contribution is 1.44. The van der Waals surface area contributed by atoms with Gasteiger partial charge in [-0.25, -0.2) is 0 Å². The predicted octanol–water partition coefficient (Wildman–Crippen LogP) is 3.73. The second-order valence-corrected chi connectivity index (χ2v) is 3.72. The van der Waals surface area contributed by atoms with Crippen LogP contribution in [0.1, 0.15) is 11.1 Å². The first-order chi connectivity index (χ1) is 7.08. The molecule has 1 aromatic rings. The monoisotopic (exact) mass is 236 g/mol. The van der Waals surface area contributed by atoms with Gasteiger partial charge in [-0.05, 0) is 36.3 Å². The highest BCUT2D eigenvalue weighted by Gasteiger charge is 2.03. The zero-order valence-corrected chi connectivity index (χ0v) is 9.39. The number of nitrogens with zero attached hydrogens (tertiary/aromatic N) is 2. The number of nitriles is 2. The van der Waals surface area contributed by atoms with Gasteiger partial charge in [-0.2, -0.15) is 10.5 Å². The molecule has 74 valence electrons. The van der Waals surface area contributed by atoms with E-state index in [0.717, 1.165) is 5.56 Å². The second-order valence-electron chi connectivity index (χ2n) is 2.90. The van der Waals surface area contributed by atoms with E-state index in [1.165, 1.54) is 6.08 Å². The Hall–Kier alpha value is -1.48. The van der Waals surface area contributed by atoms with Crippen LogP contribution in [0, 0.1) is 29.6 Å². The zero-order chi connectivity index (χ0) is 11.4. The van der Waals surface area contributed by atoms with E-state index in [1.807, 2.05) is 6.92 Å². The molecular weight excluding hydrogens is 231 g/mol. The number of hydrogen-bond donors (Lipinski definition) is 0. The van der Waals surface area contributed by atoms with Gasteiger partial charge >= 0.3 is 0 Å². The molecule has 0 heterocycles. The molecule has 0 N–H and O–H groups in total. The number of benzene rings is 1. The maximum atomic E-state index is 8.59. The zero-order valence-electron chi connectivity index (χ0n) is 7.88. The van der Waals surface area contributed by atoms with Crippen LogP contribution in [0.3, 0.4) is 0 Å². The Morgan fingerprint density at radius 1 is 1.20 bits per heavy atom. The Labute approximate surface area is 98.0 Å². The minimum absolute atomic E-state index is 0.0126. The molecule has 1 aromatic carbocycles. The summed E-state index contributed by atoms with van der Waals surface area (Å²) < 4.78 is 0. The van der Waals surface area contributed by atoms with Gasteiger partial charge in [0, 0.05) is 10.0 Å². The number of halogens is 2. The summed E-state index contributed by atoms with van der Waals surface area (Å²) in [5.41, 5.74) is 1.48. The molecule has 0 fully saturated rings. The first-order valence-electron chi connectivity index (χ1n) is 4.06. The van der Waals surface area contributed by atoms with Crippen LogP contribution in [0.5, 0.6) is 0 Å². The smallest absolute Gasteiger partial charge is 0.130 e. The molecule has 0 unspecified atom stereocenters. The fourth-order valence-electron chi connectivity index (χ4n) is 1.04. The van der Waals surface area contributed by atoms with Crippen molar-refractivity contribution in [1.29, 1.82) is 10.5 Å². The summed E-state index contributed by atoms with van der Waals surface area (Å²) in [4.78, 5) is 0. The predicted molar refractivity (Wildman–Crippen MR) is 60.4 cm³/mol. The van der Waals surface area contributed by atoms with Crippen molar-refractivity contribution in [3.8, 4) is 12.1 Å². The van der Waals surface area contributed by atoms with Crippen molar-refractivity contribution < 1.29 is 0 Å². The number of hydrogen-bond acceptors (Lipinski definition) is 2. The number of allylic oxidation sites excluding steroid dienone is 1. The maximum absolute atomic E-state index is 8.59. The Morgan fingerprint density at radius 2 is 1.80 bits per heavy atom. The molecule has 0 aliphatic rings. The lowest BCUT2D eigenvalue weighted by atomic mass is 10.1. The fraction of sp³-hybridized carbons (Fsp3) is 0.0909. The first kappa shape index (κ1) is 11.6. The summed E-state index contributed by atoms with van der Waals surface area (Å²) in [5, 5.41) is 18.2. The standard InChI is InChI=1S/C11H6Cl2N2/c1-7-2-9(3-8(5-14)6-15)11(13)4-10(7)12/h2-4H,1H3. The van der Waals surface area contributed by atoms with Crippen LogP contribution in [-0.2, 0) is 0 Å². The van der Waals surface area contributed by atoms with E-state index < -0.39 is 0 Å². The van der Waals surface area contributed by atoms with Gasteiger partial charge in [0.25, 0.3) is 0 Å². The summed E-state index contributed by atoms with van der Waals surface area (Å²) in [5.74, 6) is 0. The van der Waals surface area contributed by atoms with Gasteiger partial charge in [-0.15, -0.1) is 0 Å². The van der Waals surface area contributed by atoms with Gasteiger partial charge in [0.05, 0.1) is 0 Å². The topological polar surface area (TPSA) is 47.6 Å². The van der Waals surface area contributed by atoms with E-state index in [-0.39, 0.29) is 5.57 Å². The van der Waals surface area contributed by atoms with Crippen molar-refractivity contribution in [2.45, 2.75) is 6.92 Å². The summed E-state index contributed by atoms with van der Waals surface area (Å²) >= 11 is 11.8. The normalized spacial score (nSPS) is 8.87. The van der Waals surface area contributed by atoms with E-state index in [9.17, 15) is 0 Å². The van der Waals surface area contributed by atoms with Crippen molar-refractivity contribution in [3.63, 3.8) is 0 Å². The van der Waals surface area contributed by atoms with Gasteiger partial charge in [0.15, 0.2) is 0 Å². The Kier molecular flexibility index (Phi) is 3.74. The molecule has 0 atom stereocenters. The molecule has 15 heavy (non-hydrogen) atoms. The molecule has 2 nitrogen and oxygen atoms in total. The van der Waals surface area contributed by atoms with Crippen LogP contribution in [0.4, 0.5) is 0 Å². The summed E-state index contributed by atoms with van der Waals surface area (Å²) in [7, 11) is 0. The third-order valence-corrected chi connectivity index (χ3v) is 2.55. The molecule has 0 bridgehead atoms. The van der Waals surface area contributed by atoms with E-state index in [1.54, 1.807) is 24.3 Å². The van der Waals surface area contributed by atoms with Gasteiger partial charge in [0.1, 0.15) is 17.7 Å². The molecule has 0 aromatic heterocycles. The van der Waals surface area contributed by atoms with Crippen LogP contribution in [0.2, 0.25) is 10.0 Å². The lowest BCUT2D eigenvalue weighted by Crippen LogP contribution is -1.82. The summed E-state index contributed by atoms with van der Waals surface area (Å²) in [6.07, 6.45) is 1.44. The minimum atomic E-state index is 0.0126.